The molecule has 3 amide bonds. The summed E-state index contributed by atoms with van der Waals surface area (Å²) >= 11 is 0. The van der Waals surface area contributed by atoms with Crippen molar-refractivity contribution in [1.82, 2.24) is 15.5 Å². The Bertz CT molecular complexity index is 734. The van der Waals surface area contributed by atoms with Crippen LogP contribution in [0, 0.1) is 11.3 Å². The van der Waals surface area contributed by atoms with Crippen molar-refractivity contribution in [2.75, 3.05) is 6.54 Å². The molecule has 4 N–H and O–H groups in total. The Morgan fingerprint density at radius 2 is 1.77 bits per heavy atom. The Morgan fingerprint density at radius 1 is 1.13 bits per heavy atom. The predicted molar refractivity (Wildman–Crippen MR) is 117 cm³/mol. The third kappa shape index (κ3) is 5.10. The van der Waals surface area contributed by atoms with Crippen LogP contribution in [0.15, 0.2) is 0 Å². The van der Waals surface area contributed by atoms with Gasteiger partial charge >= 0.3 is 0 Å². The molecule has 0 radical (unpaired) electrons. The lowest BCUT2D eigenvalue weighted by Gasteiger charge is -2.47. The van der Waals surface area contributed by atoms with Crippen LogP contribution in [0.5, 0.6) is 0 Å². The van der Waals surface area contributed by atoms with Crippen molar-refractivity contribution in [2.45, 2.75) is 103 Å². The number of carbonyl (C=O) groups excluding carboxylic acids is 4. The van der Waals surface area contributed by atoms with Gasteiger partial charge in [-0.2, -0.15) is 0 Å². The first-order valence-electron chi connectivity index (χ1n) is 11.7. The van der Waals surface area contributed by atoms with Crippen molar-refractivity contribution in [3.8, 4) is 0 Å². The van der Waals surface area contributed by atoms with Gasteiger partial charge < -0.3 is 21.3 Å². The fourth-order valence-electron chi connectivity index (χ4n) is 4.75. The molecule has 2 atom stereocenters. The molecule has 8 heteroatoms. The molecule has 3 rings (SSSR count). The molecule has 174 valence electrons. The number of hydrogen-bond donors (Lipinski definition) is 3. The van der Waals surface area contributed by atoms with Gasteiger partial charge in [0, 0.05) is 12.6 Å². The number of Topliss-reactive ketones (excluding diaryl/α,β-unsaturated/α-hetero) is 1. The van der Waals surface area contributed by atoms with E-state index < -0.39 is 34.7 Å². The summed E-state index contributed by atoms with van der Waals surface area (Å²) in [6.07, 6.45) is 5.94. The van der Waals surface area contributed by atoms with Crippen molar-refractivity contribution in [2.24, 2.45) is 17.1 Å². The Kier molecular flexibility index (Phi) is 6.79. The maximum atomic E-state index is 13.2. The van der Waals surface area contributed by atoms with Crippen molar-refractivity contribution in [3.05, 3.63) is 0 Å². The average Bonchev–Trinajstić information content (AvgIpc) is 3.34. The summed E-state index contributed by atoms with van der Waals surface area (Å²) in [5.41, 5.74) is 4.59. The van der Waals surface area contributed by atoms with E-state index in [-0.39, 0.29) is 17.9 Å². The van der Waals surface area contributed by atoms with E-state index in [0.29, 0.717) is 38.1 Å². The standard InChI is InChI=1S/C23H38N4O4/c1-5-7-14-12-23(13-14,18(28)20(30)25-15-9-10-15)26-19(29)16-8-6-11-27(16)21(31)17(24)22(2,3)4/h14-17H,5-13,24H2,1-4H3,(H,25,30)(H,26,29)/t14?,16-,17+,23?/m0/s1. The fourth-order valence-corrected chi connectivity index (χ4v) is 4.75. The Labute approximate surface area is 185 Å². The highest BCUT2D eigenvalue weighted by Crippen LogP contribution is 2.42. The van der Waals surface area contributed by atoms with Crippen LogP contribution in [0.4, 0.5) is 0 Å². The summed E-state index contributed by atoms with van der Waals surface area (Å²) in [5.74, 6) is -1.43. The molecule has 3 aliphatic rings. The average molecular weight is 435 g/mol. The minimum absolute atomic E-state index is 0.0811. The molecule has 0 aromatic rings. The Morgan fingerprint density at radius 3 is 2.32 bits per heavy atom. The number of rotatable bonds is 8. The summed E-state index contributed by atoms with van der Waals surface area (Å²) in [6, 6.07) is -1.28. The van der Waals surface area contributed by atoms with Gasteiger partial charge in [-0.25, -0.2) is 0 Å². The van der Waals surface area contributed by atoms with Crippen molar-refractivity contribution in [1.29, 1.82) is 0 Å². The van der Waals surface area contributed by atoms with Gasteiger partial charge in [0.05, 0.1) is 6.04 Å². The first-order valence-corrected chi connectivity index (χ1v) is 11.7. The summed E-state index contributed by atoms with van der Waals surface area (Å²) in [7, 11) is 0. The second kappa shape index (κ2) is 8.88. The van der Waals surface area contributed by atoms with Gasteiger partial charge in [-0.1, -0.05) is 40.5 Å². The Hall–Kier alpha value is -1.96. The smallest absolute Gasteiger partial charge is 0.290 e. The van der Waals surface area contributed by atoms with E-state index in [9.17, 15) is 19.2 Å². The van der Waals surface area contributed by atoms with Gasteiger partial charge in [0.25, 0.3) is 5.91 Å². The lowest BCUT2D eigenvalue weighted by atomic mass is 9.64. The number of ketones is 1. The lowest BCUT2D eigenvalue weighted by molar-refractivity contribution is -0.150. The zero-order valence-electron chi connectivity index (χ0n) is 19.3. The zero-order valence-corrected chi connectivity index (χ0v) is 19.3. The third-order valence-electron chi connectivity index (χ3n) is 6.92. The Balaban J connectivity index is 1.71. The molecule has 0 aromatic carbocycles. The van der Waals surface area contributed by atoms with E-state index in [1.165, 1.54) is 0 Å². The van der Waals surface area contributed by atoms with Crippen LogP contribution in [0.25, 0.3) is 0 Å². The third-order valence-corrected chi connectivity index (χ3v) is 6.92. The zero-order chi connectivity index (χ0) is 23.0. The van der Waals surface area contributed by atoms with Gasteiger partial charge in [0.15, 0.2) is 0 Å². The highest BCUT2D eigenvalue weighted by molar-refractivity contribution is 6.40. The van der Waals surface area contributed by atoms with Crippen molar-refractivity contribution >= 4 is 23.5 Å². The molecule has 0 unspecified atom stereocenters. The van der Waals surface area contributed by atoms with Crippen LogP contribution in [-0.2, 0) is 19.2 Å². The summed E-state index contributed by atoms with van der Waals surface area (Å²) < 4.78 is 0. The van der Waals surface area contributed by atoms with Crippen LogP contribution in [0.2, 0.25) is 0 Å². The van der Waals surface area contributed by atoms with Crippen LogP contribution in [0.3, 0.4) is 0 Å². The monoisotopic (exact) mass is 434 g/mol. The molecular formula is C23H38N4O4. The minimum Gasteiger partial charge on any atom is -0.347 e. The predicted octanol–water partition coefficient (Wildman–Crippen LogP) is 1.26. The largest absolute Gasteiger partial charge is 0.347 e. The maximum absolute atomic E-state index is 13.2. The molecule has 0 bridgehead atoms. The molecule has 2 saturated carbocycles. The summed E-state index contributed by atoms with van der Waals surface area (Å²) in [5, 5.41) is 5.67. The summed E-state index contributed by atoms with van der Waals surface area (Å²) in [4.78, 5) is 53.3. The van der Waals surface area contributed by atoms with E-state index in [2.05, 4.69) is 17.6 Å². The highest BCUT2D eigenvalue weighted by Gasteiger charge is 2.54. The number of carbonyl (C=O) groups is 4. The van der Waals surface area contributed by atoms with E-state index in [4.69, 9.17) is 5.73 Å². The van der Waals surface area contributed by atoms with Crippen LogP contribution in [-0.4, -0.2) is 58.6 Å². The topological polar surface area (TPSA) is 122 Å². The van der Waals surface area contributed by atoms with Gasteiger partial charge in [-0.3, -0.25) is 19.2 Å². The number of hydrogen-bond acceptors (Lipinski definition) is 5. The molecule has 8 nitrogen and oxygen atoms in total. The van der Waals surface area contributed by atoms with Gasteiger partial charge in [-0.05, 0) is 49.9 Å². The van der Waals surface area contributed by atoms with E-state index >= 15 is 0 Å². The van der Waals surface area contributed by atoms with Gasteiger partial charge in [0.1, 0.15) is 11.6 Å². The first-order chi connectivity index (χ1) is 14.5. The molecule has 1 saturated heterocycles. The molecule has 0 aromatic heterocycles. The van der Waals surface area contributed by atoms with Crippen LogP contribution >= 0.6 is 0 Å². The maximum Gasteiger partial charge on any atom is 0.290 e. The number of nitrogens with one attached hydrogen (secondary N) is 2. The van der Waals surface area contributed by atoms with Crippen molar-refractivity contribution in [3.63, 3.8) is 0 Å². The molecule has 2 aliphatic carbocycles. The highest BCUT2D eigenvalue weighted by atomic mass is 16.2. The first kappa shape index (κ1) is 23.7. The van der Waals surface area contributed by atoms with Crippen LogP contribution < -0.4 is 16.4 Å². The quantitative estimate of drug-likeness (QED) is 0.497. The molecule has 1 aliphatic heterocycles. The number of nitrogens with zero attached hydrogens (tertiary/aromatic N) is 1. The van der Waals surface area contributed by atoms with Crippen LogP contribution in [0.1, 0.15) is 79.1 Å². The number of amides is 3. The minimum atomic E-state index is -1.15. The van der Waals surface area contributed by atoms with E-state index in [1.807, 2.05) is 20.8 Å². The number of likely N-dealkylation sites (tertiary alicyclic amines) is 1. The second-order valence-electron chi connectivity index (χ2n) is 10.7. The van der Waals surface area contributed by atoms with Crippen molar-refractivity contribution < 1.29 is 19.2 Å². The lowest BCUT2D eigenvalue weighted by Crippen LogP contribution is -2.67. The van der Waals surface area contributed by atoms with Gasteiger partial charge in [-0.15, -0.1) is 0 Å². The molecule has 3 fully saturated rings. The fraction of sp³-hybridized carbons (Fsp3) is 0.826. The molecule has 31 heavy (non-hydrogen) atoms. The molecule has 0 spiro atoms. The molecular weight excluding hydrogens is 396 g/mol. The number of nitrogens with two attached hydrogens (primary N) is 1. The second-order valence-corrected chi connectivity index (χ2v) is 10.7. The molecule has 1 heterocycles. The van der Waals surface area contributed by atoms with Gasteiger partial charge in [0.2, 0.25) is 17.6 Å². The SMILES string of the molecule is CCCC1CC(NC(=O)[C@@H]2CCCN2C(=O)[C@@H](N)C(C)(C)C)(C(=O)C(=O)NC2CC2)C1. The van der Waals surface area contributed by atoms with E-state index in [1.54, 1.807) is 4.90 Å². The van der Waals surface area contributed by atoms with E-state index in [0.717, 1.165) is 25.7 Å². The summed E-state index contributed by atoms with van der Waals surface area (Å²) in [6.45, 7) is 8.25. The normalized spacial score (nSPS) is 29.1.